The van der Waals surface area contributed by atoms with Crippen LogP contribution in [0.2, 0.25) is 5.15 Å². The Hall–Kier alpha value is -2.34. The Morgan fingerprint density at radius 2 is 2.19 bits per heavy atom. The fraction of sp³-hybridized carbons (Fsp3) is 0.368. The molecule has 1 atom stereocenters. The number of hydrogen-bond acceptors (Lipinski definition) is 3. The lowest BCUT2D eigenvalue weighted by atomic mass is 9.99. The SMILES string of the molecule is Cc1nc(Cl)ccc1NC(=O)N1CCCC(COc2ccccc2F)C1. The van der Waals surface area contributed by atoms with Crippen LogP contribution >= 0.6 is 11.6 Å². The molecule has 26 heavy (non-hydrogen) atoms. The number of piperidine rings is 1. The van der Waals surface area contributed by atoms with E-state index in [1.807, 2.05) is 0 Å². The van der Waals surface area contributed by atoms with E-state index >= 15 is 0 Å². The van der Waals surface area contributed by atoms with Crippen LogP contribution in [0, 0.1) is 18.7 Å². The molecule has 2 amide bonds. The van der Waals surface area contributed by atoms with Gasteiger partial charge in [-0.2, -0.15) is 0 Å². The van der Waals surface area contributed by atoms with Crippen molar-refractivity contribution in [2.24, 2.45) is 5.92 Å². The molecule has 1 N–H and O–H groups in total. The highest BCUT2D eigenvalue weighted by Crippen LogP contribution is 2.22. The lowest BCUT2D eigenvalue weighted by Gasteiger charge is -2.32. The zero-order valence-corrected chi connectivity index (χ0v) is 15.3. The Morgan fingerprint density at radius 1 is 1.38 bits per heavy atom. The number of aryl methyl sites for hydroxylation is 1. The van der Waals surface area contributed by atoms with Crippen LogP contribution in [0.4, 0.5) is 14.9 Å². The van der Waals surface area contributed by atoms with Crippen LogP contribution < -0.4 is 10.1 Å². The fourth-order valence-corrected chi connectivity index (χ4v) is 3.20. The molecule has 7 heteroatoms. The summed E-state index contributed by atoms with van der Waals surface area (Å²) < 4.78 is 19.2. The summed E-state index contributed by atoms with van der Waals surface area (Å²) in [6, 6.07) is 9.56. The molecule has 5 nitrogen and oxygen atoms in total. The highest BCUT2D eigenvalue weighted by Gasteiger charge is 2.25. The molecular formula is C19H21ClFN3O2. The second-order valence-corrected chi connectivity index (χ2v) is 6.78. The monoisotopic (exact) mass is 377 g/mol. The molecule has 1 aliphatic rings. The second-order valence-electron chi connectivity index (χ2n) is 6.39. The number of para-hydroxylation sites is 1. The Labute approximate surface area is 157 Å². The number of ether oxygens (including phenoxy) is 1. The van der Waals surface area contributed by atoms with Crippen molar-refractivity contribution in [3.05, 3.63) is 53.1 Å². The maximum Gasteiger partial charge on any atom is 0.321 e. The molecular weight excluding hydrogens is 357 g/mol. The van der Waals surface area contributed by atoms with Crippen molar-refractivity contribution in [3.8, 4) is 5.75 Å². The number of urea groups is 1. The summed E-state index contributed by atoms with van der Waals surface area (Å²) in [5.74, 6) is 0.0408. The van der Waals surface area contributed by atoms with E-state index in [9.17, 15) is 9.18 Å². The molecule has 1 unspecified atom stereocenters. The molecule has 0 saturated carbocycles. The van der Waals surface area contributed by atoms with Crippen molar-refractivity contribution in [2.45, 2.75) is 19.8 Å². The largest absolute Gasteiger partial charge is 0.490 e. The summed E-state index contributed by atoms with van der Waals surface area (Å²) in [6.07, 6.45) is 1.83. The lowest BCUT2D eigenvalue weighted by molar-refractivity contribution is 0.143. The summed E-state index contributed by atoms with van der Waals surface area (Å²) in [5, 5.41) is 3.27. The smallest absolute Gasteiger partial charge is 0.321 e. The molecule has 3 rings (SSSR count). The van der Waals surface area contributed by atoms with Gasteiger partial charge in [-0.05, 0) is 44.0 Å². The van der Waals surface area contributed by atoms with Gasteiger partial charge in [0.05, 0.1) is 18.0 Å². The third-order valence-corrected chi connectivity index (χ3v) is 4.62. The van der Waals surface area contributed by atoms with E-state index in [0.29, 0.717) is 36.2 Å². The van der Waals surface area contributed by atoms with Crippen LogP contribution in [-0.2, 0) is 0 Å². The van der Waals surface area contributed by atoms with Crippen molar-refractivity contribution < 1.29 is 13.9 Å². The average Bonchev–Trinajstić information content (AvgIpc) is 2.63. The minimum absolute atomic E-state index is 0.165. The Kier molecular flexibility index (Phi) is 5.93. The number of anilines is 1. The number of halogens is 2. The zero-order chi connectivity index (χ0) is 18.5. The predicted octanol–water partition coefficient (Wildman–Crippen LogP) is 4.51. The van der Waals surface area contributed by atoms with Gasteiger partial charge in [-0.3, -0.25) is 0 Å². The zero-order valence-electron chi connectivity index (χ0n) is 14.5. The third-order valence-electron chi connectivity index (χ3n) is 4.41. The van der Waals surface area contributed by atoms with Gasteiger partial charge in [0.25, 0.3) is 0 Å². The highest BCUT2D eigenvalue weighted by molar-refractivity contribution is 6.29. The first-order chi connectivity index (χ1) is 12.5. The van der Waals surface area contributed by atoms with Crippen LogP contribution in [0.3, 0.4) is 0 Å². The molecule has 2 heterocycles. The number of rotatable bonds is 4. The lowest BCUT2D eigenvalue weighted by Crippen LogP contribution is -2.43. The maximum atomic E-state index is 13.6. The topological polar surface area (TPSA) is 54.5 Å². The summed E-state index contributed by atoms with van der Waals surface area (Å²) in [6.45, 7) is 3.43. The number of pyridine rings is 1. The number of benzene rings is 1. The molecule has 0 radical (unpaired) electrons. The van der Waals surface area contributed by atoms with E-state index in [-0.39, 0.29) is 23.5 Å². The van der Waals surface area contributed by atoms with Gasteiger partial charge < -0.3 is 15.0 Å². The van der Waals surface area contributed by atoms with Gasteiger partial charge in [0.15, 0.2) is 11.6 Å². The van der Waals surface area contributed by atoms with Crippen molar-refractivity contribution in [1.82, 2.24) is 9.88 Å². The number of nitrogens with zero attached hydrogens (tertiary/aromatic N) is 2. The van der Waals surface area contributed by atoms with Crippen LogP contribution in [0.1, 0.15) is 18.5 Å². The highest BCUT2D eigenvalue weighted by atomic mass is 35.5. The molecule has 0 spiro atoms. The van der Waals surface area contributed by atoms with Crippen LogP contribution in [-0.4, -0.2) is 35.6 Å². The quantitative estimate of drug-likeness (QED) is 0.798. The molecule has 1 aromatic heterocycles. The van der Waals surface area contributed by atoms with Gasteiger partial charge in [-0.25, -0.2) is 14.2 Å². The van der Waals surface area contributed by atoms with Gasteiger partial charge in [-0.1, -0.05) is 23.7 Å². The van der Waals surface area contributed by atoms with Gasteiger partial charge in [0, 0.05) is 19.0 Å². The second kappa shape index (κ2) is 8.36. The molecule has 1 aliphatic heterocycles. The van der Waals surface area contributed by atoms with Crippen LogP contribution in [0.5, 0.6) is 5.75 Å². The predicted molar refractivity (Wildman–Crippen MR) is 99.2 cm³/mol. The van der Waals surface area contributed by atoms with Gasteiger partial charge in [0.2, 0.25) is 0 Å². The minimum atomic E-state index is -0.372. The first-order valence-electron chi connectivity index (χ1n) is 8.59. The normalized spacial score (nSPS) is 17.0. The Balaban J connectivity index is 1.55. The third kappa shape index (κ3) is 4.64. The summed E-state index contributed by atoms with van der Waals surface area (Å²) in [5.41, 5.74) is 1.31. The summed E-state index contributed by atoms with van der Waals surface area (Å²) >= 11 is 5.84. The van der Waals surface area contributed by atoms with Crippen molar-refractivity contribution >= 4 is 23.3 Å². The molecule has 1 aromatic carbocycles. The first-order valence-corrected chi connectivity index (χ1v) is 8.97. The molecule has 138 valence electrons. The number of amides is 2. The number of nitrogens with one attached hydrogen (secondary N) is 1. The standard InChI is InChI=1S/C19H21ClFN3O2/c1-13-16(8-9-18(20)22-13)23-19(25)24-10-4-5-14(11-24)12-26-17-7-3-2-6-15(17)21/h2-3,6-9,14H,4-5,10-12H2,1H3,(H,23,25). The Bertz CT molecular complexity index is 787. The summed E-state index contributed by atoms with van der Waals surface area (Å²) in [4.78, 5) is 18.4. The first kappa shape index (κ1) is 18.5. The van der Waals surface area contributed by atoms with E-state index in [2.05, 4.69) is 10.3 Å². The maximum absolute atomic E-state index is 13.6. The number of carbonyl (C=O) groups excluding carboxylic acids is 1. The van der Waals surface area contributed by atoms with Crippen LogP contribution in [0.25, 0.3) is 0 Å². The minimum Gasteiger partial charge on any atom is -0.490 e. The number of hydrogen-bond donors (Lipinski definition) is 1. The van der Waals surface area contributed by atoms with E-state index in [4.69, 9.17) is 16.3 Å². The molecule has 1 fully saturated rings. The molecule has 1 saturated heterocycles. The van der Waals surface area contributed by atoms with E-state index < -0.39 is 0 Å². The van der Waals surface area contributed by atoms with Gasteiger partial charge in [-0.15, -0.1) is 0 Å². The molecule has 0 aliphatic carbocycles. The van der Waals surface area contributed by atoms with Crippen molar-refractivity contribution in [2.75, 3.05) is 25.0 Å². The number of likely N-dealkylation sites (tertiary alicyclic amines) is 1. The number of carbonyl (C=O) groups is 1. The average molecular weight is 378 g/mol. The molecule has 0 bridgehead atoms. The Morgan fingerprint density at radius 3 is 2.96 bits per heavy atom. The fourth-order valence-electron chi connectivity index (χ4n) is 3.01. The van der Waals surface area contributed by atoms with E-state index in [1.54, 1.807) is 42.2 Å². The van der Waals surface area contributed by atoms with E-state index in [0.717, 1.165) is 12.8 Å². The van der Waals surface area contributed by atoms with E-state index in [1.165, 1.54) is 6.07 Å². The van der Waals surface area contributed by atoms with Gasteiger partial charge >= 0.3 is 6.03 Å². The van der Waals surface area contributed by atoms with Crippen LogP contribution in [0.15, 0.2) is 36.4 Å². The molecule has 2 aromatic rings. The number of aromatic nitrogens is 1. The van der Waals surface area contributed by atoms with Gasteiger partial charge in [0.1, 0.15) is 5.15 Å². The van der Waals surface area contributed by atoms with Crippen molar-refractivity contribution in [3.63, 3.8) is 0 Å². The summed E-state index contributed by atoms with van der Waals surface area (Å²) in [7, 11) is 0. The van der Waals surface area contributed by atoms with Crippen molar-refractivity contribution in [1.29, 1.82) is 0 Å².